The fourth-order valence-corrected chi connectivity index (χ4v) is 3.53. The van der Waals surface area contributed by atoms with Crippen molar-refractivity contribution < 1.29 is 22.5 Å². The van der Waals surface area contributed by atoms with Crippen LogP contribution in [0.5, 0.6) is 0 Å². The van der Waals surface area contributed by atoms with Crippen LogP contribution in [0.3, 0.4) is 0 Å². The SMILES string of the molecule is O=C(CN1CCCC(c2nc(-c3cccc(F)c3)no2)C1)Nc1ccc(F)cc1F. The summed E-state index contributed by atoms with van der Waals surface area (Å²) < 4.78 is 45.5. The van der Waals surface area contributed by atoms with Gasteiger partial charge in [0, 0.05) is 18.2 Å². The molecule has 1 fully saturated rings. The first kappa shape index (κ1) is 20.1. The highest BCUT2D eigenvalue weighted by molar-refractivity contribution is 5.92. The number of rotatable bonds is 5. The van der Waals surface area contributed by atoms with Gasteiger partial charge in [-0.05, 0) is 43.7 Å². The van der Waals surface area contributed by atoms with Gasteiger partial charge in [-0.3, -0.25) is 9.69 Å². The van der Waals surface area contributed by atoms with Crippen LogP contribution in [0.2, 0.25) is 0 Å². The third kappa shape index (κ3) is 4.68. The lowest BCUT2D eigenvalue weighted by atomic mass is 9.98. The number of hydrogen-bond donors (Lipinski definition) is 1. The number of halogens is 3. The molecule has 0 aliphatic carbocycles. The van der Waals surface area contributed by atoms with Crippen LogP contribution in [0.15, 0.2) is 47.0 Å². The van der Waals surface area contributed by atoms with Crippen LogP contribution in [0.1, 0.15) is 24.7 Å². The van der Waals surface area contributed by atoms with E-state index in [0.717, 1.165) is 25.0 Å². The summed E-state index contributed by atoms with van der Waals surface area (Å²) in [5.41, 5.74) is 0.463. The molecule has 2 aromatic carbocycles. The minimum atomic E-state index is -0.824. The van der Waals surface area contributed by atoms with Gasteiger partial charge in [0.25, 0.3) is 0 Å². The zero-order chi connectivity index (χ0) is 21.1. The summed E-state index contributed by atoms with van der Waals surface area (Å²) in [6.45, 7) is 1.27. The summed E-state index contributed by atoms with van der Waals surface area (Å²) in [7, 11) is 0. The number of benzene rings is 2. The molecule has 1 N–H and O–H groups in total. The van der Waals surface area contributed by atoms with Crippen molar-refractivity contribution in [3.05, 3.63) is 65.8 Å². The van der Waals surface area contributed by atoms with E-state index in [9.17, 15) is 18.0 Å². The van der Waals surface area contributed by atoms with Crippen molar-refractivity contribution in [2.24, 2.45) is 0 Å². The summed E-state index contributed by atoms with van der Waals surface area (Å²) in [4.78, 5) is 18.6. The maximum absolute atomic E-state index is 13.7. The Morgan fingerprint density at radius 2 is 2.00 bits per heavy atom. The summed E-state index contributed by atoms with van der Waals surface area (Å²) >= 11 is 0. The minimum Gasteiger partial charge on any atom is -0.339 e. The van der Waals surface area contributed by atoms with Gasteiger partial charge in [-0.15, -0.1) is 0 Å². The molecule has 1 aromatic heterocycles. The Balaban J connectivity index is 1.38. The number of anilines is 1. The van der Waals surface area contributed by atoms with Crippen molar-refractivity contribution in [1.82, 2.24) is 15.0 Å². The van der Waals surface area contributed by atoms with Gasteiger partial charge in [0.15, 0.2) is 0 Å². The molecule has 1 aliphatic rings. The fourth-order valence-electron chi connectivity index (χ4n) is 3.53. The van der Waals surface area contributed by atoms with Crippen molar-refractivity contribution in [3.63, 3.8) is 0 Å². The number of aromatic nitrogens is 2. The molecule has 0 radical (unpaired) electrons. The minimum absolute atomic E-state index is 0.0538. The summed E-state index contributed by atoms with van der Waals surface area (Å²) in [5, 5.41) is 6.40. The largest absolute Gasteiger partial charge is 0.339 e. The Bertz CT molecular complexity index is 1060. The van der Waals surface area contributed by atoms with Gasteiger partial charge in [0.1, 0.15) is 17.5 Å². The smallest absolute Gasteiger partial charge is 0.238 e. The van der Waals surface area contributed by atoms with Gasteiger partial charge in [0.2, 0.25) is 17.6 Å². The van der Waals surface area contributed by atoms with Crippen molar-refractivity contribution in [2.75, 3.05) is 25.0 Å². The van der Waals surface area contributed by atoms with Gasteiger partial charge >= 0.3 is 0 Å². The molecule has 4 rings (SSSR count). The van der Waals surface area contributed by atoms with E-state index in [-0.39, 0.29) is 24.0 Å². The van der Waals surface area contributed by atoms with E-state index in [4.69, 9.17) is 4.52 Å². The summed E-state index contributed by atoms with van der Waals surface area (Å²) in [6.07, 6.45) is 1.63. The zero-order valence-corrected chi connectivity index (χ0v) is 15.9. The first-order valence-electron chi connectivity index (χ1n) is 9.55. The van der Waals surface area contributed by atoms with E-state index in [2.05, 4.69) is 15.5 Å². The van der Waals surface area contributed by atoms with E-state index < -0.39 is 17.5 Å². The second-order valence-electron chi connectivity index (χ2n) is 7.21. The maximum Gasteiger partial charge on any atom is 0.238 e. The Labute approximate surface area is 170 Å². The van der Waals surface area contributed by atoms with Crippen molar-refractivity contribution in [2.45, 2.75) is 18.8 Å². The second kappa shape index (κ2) is 8.66. The average molecular weight is 416 g/mol. The highest BCUT2D eigenvalue weighted by atomic mass is 19.1. The molecule has 3 aromatic rings. The molecular weight excluding hydrogens is 397 g/mol. The van der Waals surface area contributed by atoms with Crippen LogP contribution in [0, 0.1) is 17.5 Å². The van der Waals surface area contributed by atoms with Gasteiger partial charge in [-0.1, -0.05) is 17.3 Å². The standard InChI is InChI=1S/C21H19F3N4O2/c22-15-5-1-3-13(9-15)20-26-21(30-27-20)14-4-2-8-28(11-14)12-19(29)25-18-7-6-16(23)10-17(18)24/h1,3,5-7,9-10,14H,2,4,8,11-12H2,(H,25,29). The Kier molecular flexibility index (Phi) is 5.80. The van der Waals surface area contributed by atoms with Crippen molar-refractivity contribution >= 4 is 11.6 Å². The van der Waals surface area contributed by atoms with Crippen LogP contribution in [-0.4, -0.2) is 40.6 Å². The molecule has 2 heterocycles. The number of nitrogens with zero attached hydrogens (tertiary/aromatic N) is 3. The molecule has 1 unspecified atom stereocenters. The van der Waals surface area contributed by atoms with Crippen LogP contribution < -0.4 is 5.32 Å². The van der Waals surface area contributed by atoms with Gasteiger partial charge < -0.3 is 9.84 Å². The number of piperidine rings is 1. The topological polar surface area (TPSA) is 71.3 Å². The van der Waals surface area contributed by atoms with Crippen LogP contribution in [0.25, 0.3) is 11.4 Å². The normalized spacial score (nSPS) is 17.1. The third-order valence-electron chi connectivity index (χ3n) is 4.95. The maximum atomic E-state index is 13.7. The quantitative estimate of drug-likeness (QED) is 0.682. The fraction of sp³-hybridized carbons (Fsp3) is 0.286. The van der Waals surface area contributed by atoms with E-state index in [0.29, 0.717) is 30.4 Å². The van der Waals surface area contributed by atoms with E-state index >= 15 is 0 Å². The van der Waals surface area contributed by atoms with Crippen LogP contribution in [0.4, 0.5) is 18.9 Å². The molecule has 0 spiro atoms. The number of nitrogens with one attached hydrogen (secondary N) is 1. The van der Waals surface area contributed by atoms with E-state index in [1.54, 1.807) is 12.1 Å². The molecule has 6 nitrogen and oxygen atoms in total. The van der Waals surface area contributed by atoms with E-state index in [1.807, 2.05) is 4.90 Å². The molecule has 0 saturated carbocycles. The average Bonchev–Trinajstić information content (AvgIpc) is 3.21. The Morgan fingerprint density at radius 3 is 2.80 bits per heavy atom. The van der Waals surface area contributed by atoms with Gasteiger partial charge in [-0.25, -0.2) is 13.2 Å². The Morgan fingerprint density at radius 1 is 1.17 bits per heavy atom. The predicted molar refractivity (Wildman–Crippen MR) is 103 cm³/mol. The highest BCUT2D eigenvalue weighted by Crippen LogP contribution is 2.27. The van der Waals surface area contributed by atoms with Crippen molar-refractivity contribution in [1.29, 1.82) is 0 Å². The molecule has 0 bridgehead atoms. The zero-order valence-electron chi connectivity index (χ0n) is 15.9. The number of carbonyl (C=O) groups is 1. The summed E-state index contributed by atoms with van der Waals surface area (Å²) in [5.74, 6) is -1.63. The monoisotopic (exact) mass is 416 g/mol. The van der Waals surface area contributed by atoms with Crippen LogP contribution >= 0.6 is 0 Å². The number of hydrogen-bond acceptors (Lipinski definition) is 5. The molecule has 156 valence electrons. The second-order valence-corrected chi connectivity index (χ2v) is 7.21. The van der Waals surface area contributed by atoms with Gasteiger partial charge in [0.05, 0.1) is 18.2 Å². The molecule has 1 saturated heterocycles. The van der Waals surface area contributed by atoms with Gasteiger partial charge in [-0.2, -0.15) is 4.98 Å². The summed E-state index contributed by atoms with van der Waals surface area (Å²) in [6, 6.07) is 8.94. The van der Waals surface area contributed by atoms with Crippen LogP contribution in [-0.2, 0) is 4.79 Å². The number of likely N-dealkylation sites (tertiary alicyclic amines) is 1. The molecule has 30 heavy (non-hydrogen) atoms. The lowest BCUT2D eigenvalue weighted by molar-refractivity contribution is -0.117. The lowest BCUT2D eigenvalue weighted by Crippen LogP contribution is -2.40. The molecular formula is C21H19F3N4O2. The molecule has 1 atom stereocenters. The molecule has 1 aliphatic heterocycles. The number of carbonyl (C=O) groups excluding carboxylic acids is 1. The Hall–Kier alpha value is -3.20. The number of amides is 1. The van der Waals surface area contributed by atoms with Crippen molar-refractivity contribution in [3.8, 4) is 11.4 Å². The first-order chi connectivity index (χ1) is 14.5. The lowest BCUT2D eigenvalue weighted by Gasteiger charge is -2.30. The first-order valence-corrected chi connectivity index (χ1v) is 9.55. The predicted octanol–water partition coefficient (Wildman–Crippen LogP) is 3.97. The molecule has 9 heteroatoms. The third-order valence-corrected chi connectivity index (χ3v) is 4.95. The molecule has 1 amide bonds. The highest BCUT2D eigenvalue weighted by Gasteiger charge is 2.27. The van der Waals surface area contributed by atoms with E-state index in [1.165, 1.54) is 18.2 Å².